The second-order valence-electron chi connectivity index (χ2n) is 43.3. The molecule has 27 rings (SSSR count). The van der Waals surface area contributed by atoms with Crippen LogP contribution >= 0.6 is 0 Å². The number of hydrogen-bond donors (Lipinski definition) is 0. The first kappa shape index (κ1) is 90.4. The van der Waals surface area contributed by atoms with Gasteiger partial charge >= 0.3 is 0 Å². The van der Waals surface area contributed by atoms with Gasteiger partial charge in [0.2, 0.25) is 0 Å². The fourth-order valence-corrected chi connectivity index (χ4v) is 23.7. The van der Waals surface area contributed by atoms with Crippen LogP contribution in [0.1, 0.15) is 202 Å². The van der Waals surface area contributed by atoms with Crippen LogP contribution in [0, 0.1) is 0 Å². The van der Waals surface area contributed by atoms with E-state index in [-0.39, 0.29) is 31.0 Å². The van der Waals surface area contributed by atoms with Crippen molar-refractivity contribution in [2.75, 3.05) is 14.7 Å². The Hall–Kier alpha value is -15.8. The summed E-state index contributed by atoms with van der Waals surface area (Å²) in [5, 5.41) is 2.18. The van der Waals surface area contributed by atoms with Crippen LogP contribution in [0.4, 0.5) is 51.2 Å². The van der Waals surface area contributed by atoms with Gasteiger partial charge in [-0.1, -0.05) is 329 Å². The van der Waals surface area contributed by atoms with Gasteiger partial charge in [0, 0.05) is 103 Å². The zero-order chi connectivity index (χ0) is 99.0. The number of para-hydroxylation sites is 5. The Morgan fingerprint density at radius 1 is 0.207 bits per heavy atom. The maximum Gasteiger partial charge on any atom is 0.260 e. The molecule has 18 aromatic carbocycles. The lowest BCUT2D eigenvalue weighted by Gasteiger charge is -2.35. The lowest BCUT2D eigenvalue weighted by Crippen LogP contribution is -2.57. The quantitative estimate of drug-likeness (QED) is 0.0926. The number of ether oxygens (including phenoxy) is 6. The number of furan rings is 1. The number of nitrogens with zero attached hydrogens (tertiary/aromatic N) is 3. The minimum Gasteiger partial charge on any atom is -0.458 e. The molecule has 0 amide bonds. The molecule has 6 aliphatic heterocycles. The molecule has 0 atom stereocenters. The summed E-state index contributed by atoms with van der Waals surface area (Å²) in [7, 11) is 0. The highest BCUT2D eigenvalue weighted by molar-refractivity contribution is 6.99. The van der Waals surface area contributed by atoms with E-state index in [0.717, 1.165) is 159 Å². The van der Waals surface area contributed by atoms with E-state index in [1.54, 1.807) is 0 Å². The molecule has 0 bridgehead atoms. The third-order valence-electron chi connectivity index (χ3n) is 31.6. The van der Waals surface area contributed by atoms with E-state index in [1.165, 1.54) is 111 Å². The molecule has 0 saturated carbocycles. The molecule has 7 heterocycles. The summed E-state index contributed by atoms with van der Waals surface area (Å²) in [6.07, 6.45) is 0. The van der Waals surface area contributed by atoms with Gasteiger partial charge in [-0.2, -0.15) is 0 Å². The molecule has 1 aromatic heterocycles. The fourth-order valence-electron chi connectivity index (χ4n) is 23.7. The van der Waals surface area contributed by atoms with Crippen molar-refractivity contribution in [1.29, 1.82) is 0 Å². The van der Waals surface area contributed by atoms with Gasteiger partial charge < -0.3 is 47.5 Å². The summed E-state index contributed by atoms with van der Waals surface area (Å²) in [6, 6.07) is 131. The maximum atomic E-state index is 6.90. The SMILES string of the molecule is CC(C)c1ccc2c(c1)B1c3cc(C(C)C)ccc3Oc3cc(N(c4ccccc4)c4ccc5c(c4)C(C)(C)c4ccccc4-5)cc(c31)O2.CC(C)c1ccc2c(c1)Oc1cc(N(c3ccccc3)c3ccc4c(c3)C(C)(C)c3ccccc3-4)cc3c1B2c1ccc(C(C)C)cc1O3.CC(C)c1ccc2c(c1)Oc1cc(N(c3ccccc3)c3cccc4c3oc3ccccc34)cc3c1B2c1ccc(C(C)C)cc1O3. The van der Waals surface area contributed by atoms with Crippen molar-refractivity contribution in [3.8, 4) is 91.2 Å². The van der Waals surface area contributed by atoms with E-state index in [4.69, 9.17) is 32.8 Å². The minimum atomic E-state index is -0.110. The third-order valence-corrected chi connectivity index (χ3v) is 31.6. The van der Waals surface area contributed by atoms with Crippen molar-refractivity contribution in [1.82, 2.24) is 0 Å². The van der Waals surface area contributed by atoms with Gasteiger partial charge in [0.05, 0.1) is 22.7 Å². The summed E-state index contributed by atoms with van der Waals surface area (Å²) in [6.45, 7) is 36.3. The molecular formula is C132H114B3N3O7. The van der Waals surface area contributed by atoms with Crippen molar-refractivity contribution in [3.05, 3.63) is 420 Å². The summed E-state index contributed by atoms with van der Waals surface area (Å²) in [4.78, 5) is 6.94. The highest BCUT2D eigenvalue weighted by atomic mass is 16.5. The number of fused-ring (bicyclic) bond motifs is 21. The predicted molar refractivity (Wildman–Crippen MR) is 603 cm³/mol. The highest BCUT2D eigenvalue weighted by Crippen LogP contribution is 2.56. The van der Waals surface area contributed by atoms with Crippen molar-refractivity contribution >= 4 is 142 Å². The van der Waals surface area contributed by atoms with Crippen LogP contribution < -0.4 is 92.3 Å². The number of anilines is 9. The molecule has 0 fully saturated rings. The van der Waals surface area contributed by atoms with Crippen molar-refractivity contribution in [2.24, 2.45) is 0 Å². The van der Waals surface area contributed by atoms with E-state index in [2.05, 4.69) is 471 Å². The lowest BCUT2D eigenvalue weighted by atomic mass is 9.34. The van der Waals surface area contributed by atoms with E-state index in [0.29, 0.717) is 35.5 Å². The van der Waals surface area contributed by atoms with Crippen LogP contribution in [0.15, 0.2) is 368 Å². The van der Waals surface area contributed by atoms with E-state index in [9.17, 15) is 0 Å². The molecule has 10 nitrogen and oxygen atoms in total. The lowest BCUT2D eigenvalue weighted by molar-refractivity contribution is 0.463. The monoisotopic (exact) mass is 1890 g/mol. The van der Waals surface area contributed by atoms with Crippen LogP contribution in [0.3, 0.4) is 0 Å². The third kappa shape index (κ3) is 15.1. The van der Waals surface area contributed by atoms with Crippen molar-refractivity contribution < 1.29 is 32.8 Å². The highest BCUT2D eigenvalue weighted by Gasteiger charge is 2.47. The zero-order valence-electron chi connectivity index (χ0n) is 85.0. The largest absolute Gasteiger partial charge is 0.458 e. The molecule has 0 spiro atoms. The molecule has 708 valence electrons. The fraction of sp³-hybridized carbons (Fsp3) is 0.182. The number of rotatable bonds is 15. The molecule has 0 N–H and O–H groups in total. The molecule has 13 heteroatoms. The van der Waals surface area contributed by atoms with Gasteiger partial charge in [-0.05, 0) is 255 Å². The van der Waals surface area contributed by atoms with Crippen molar-refractivity contribution in [2.45, 2.75) is 157 Å². The van der Waals surface area contributed by atoms with Gasteiger partial charge in [-0.3, -0.25) is 0 Å². The topological polar surface area (TPSA) is 78.2 Å². The molecule has 145 heavy (non-hydrogen) atoms. The molecular weight excluding hydrogens is 1770 g/mol. The average Bonchev–Trinajstić information content (AvgIpc) is 1.31. The Kier molecular flexibility index (Phi) is 21.9. The van der Waals surface area contributed by atoms with Crippen LogP contribution in [0.2, 0.25) is 0 Å². The van der Waals surface area contributed by atoms with Crippen molar-refractivity contribution in [3.63, 3.8) is 0 Å². The predicted octanol–water partition coefficient (Wildman–Crippen LogP) is 30.9. The number of benzene rings is 18. The summed E-state index contributed by atoms with van der Waals surface area (Å²) in [5.41, 5.74) is 39.5. The zero-order valence-corrected chi connectivity index (χ0v) is 85.0. The first-order valence-electron chi connectivity index (χ1n) is 51.7. The van der Waals surface area contributed by atoms with E-state index in [1.807, 2.05) is 18.2 Å². The van der Waals surface area contributed by atoms with Crippen LogP contribution in [0.5, 0.6) is 69.0 Å². The Labute approximate surface area is 852 Å². The molecule has 8 aliphatic rings. The molecule has 0 unspecified atom stereocenters. The van der Waals surface area contributed by atoms with Gasteiger partial charge in [0.15, 0.2) is 5.58 Å². The smallest absolute Gasteiger partial charge is 0.260 e. The first-order chi connectivity index (χ1) is 70.3. The second-order valence-corrected chi connectivity index (χ2v) is 43.3. The van der Waals surface area contributed by atoms with Crippen LogP contribution in [-0.4, -0.2) is 20.1 Å². The Morgan fingerprint density at radius 3 is 0.876 bits per heavy atom. The molecule has 0 radical (unpaired) electrons. The van der Waals surface area contributed by atoms with Crippen LogP contribution in [0.25, 0.3) is 44.2 Å². The Morgan fingerprint density at radius 2 is 0.503 bits per heavy atom. The normalized spacial score (nSPS) is 13.9. The van der Waals surface area contributed by atoms with Gasteiger partial charge in [0.1, 0.15) is 74.6 Å². The summed E-state index contributed by atoms with van der Waals surface area (Å²) in [5.74, 6) is 12.9. The van der Waals surface area contributed by atoms with E-state index < -0.39 is 0 Å². The second kappa shape index (κ2) is 35.0. The van der Waals surface area contributed by atoms with Gasteiger partial charge in [-0.25, -0.2) is 0 Å². The van der Waals surface area contributed by atoms with E-state index >= 15 is 0 Å². The van der Waals surface area contributed by atoms with Gasteiger partial charge in [-0.15, -0.1) is 0 Å². The average molecular weight is 1890 g/mol. The summed E-state index contributed by atoms with van der Waals surface area (Å²) >= 11 is 0. The number of hydrogen-bond acceptors (Lipinski definition) is 10. The minimum absolute atomic E-state index is 0.00737. The molecule has 0 saturated heterocycles. The molecule has 19 aromatic rings. The Balaban J connectivity index is 0.000000114. The van der Waals surface area contributed by atoms with Crippen LogP contribution in [-0.2, 0) is 10.8 Å². The maximum absolute atomic E-state index is 6.90. The van der Waals surface area contributed by atoms with Gasteiger partial charge in [0.25, 0.3) is 20.1 Å². The summed E-state index contributed by atoms with van der Waals surface area (Å²) < 4.78 is 47.8. The standard InChI is InChI=1S/2C45H40BNO2.C42H34BNO3/c1-27(2)29-16-20-40-38(22-29)46-39-23-30(28(3)4)17-21-41(39)49-43-26-33(25-42(48-40)44(43)46)47(31-12-8-7-9-13-31)32-18-19-35-34-14-10-11-15-36(34)45(5,6)37(35)24-32;1-27(2)29-16-20-38-40(22-29)48-42-25-33(26-43-44(42)46(38)39-21-17-30(28(3)4)23-41(39)49-43)47(31-12-8-7-9-13-31)32-18-19-35-34-14-10-11-15-36(34)45(5,6)37(35)24-32;1-25(2)27-17-19-33-37(21-27)45-39-23-30(24-40-41(39)43(33)34-20-18-28(26(3)4)22-38(34)46-40)44(29-11-6-5-7-12-29)35-15-10-14-32-31-13-8-9-16-36(31)47-42(32)35/h2*7-28H,1-6H3;5-26H,1-4H3. The molecule has 2 aliphatic carbocycles. The first-order valence-corrected chi connectivity index (χ1v) is 51.7. The Bertz CT molecular complexity index is 8220.